The second kappa shape index (κ2) is 6.05. The highest BCUT2D eigenvalue weighted by Crippen LogP contribution is 2.29. The summed E-state index contributed by atoms with van der Waals surface area (Å²) in [6.07, 6.45) is 4.41. The van der Waals surface area contributed by atoms with E-state index in [1.807, 2.05) is 11.2 Å². The molecule has 7 heteroatoms. The van der Waals surface area contributed by atoms with Gasteiger partial charge >= 0.3 is 0 Å². The first-order valence-corrected chi connectivity index (χ1v) is 8.46. The molecule has 0 aromatic carbocycles. The Labute approximate surface area is 140 Å². The van der Waals surface area contributed by atoms with E-state index in [1.165, 1.54) is 12.8 Å². The predicted octanol–water partition coefficient (Wildman–Crippen LogP) is 2.07. The van der Waals surface area contributed by atoms with E-state index in [9.17, 15) is 4.79 Å². The van der Waals surface area contributed by atoms with E-state index < -0.39 is 0 Å². The first-order chi connectivity index (χ1) is 11.6. The lowest BCUT2D eigenvalue weighted by Crippen LogP contribution is -2.38. The van der Waals surface area contributed by atoms with E-state index in [4.69, 9.17) is 9.26 Å². The molecule has 0 saturated heterocycles. The lowest BCUT2D eigenvalue weighted by Gasteiger charge is -2.28. The van der Waals surface area contributed by atoms with Gasteiger partial charge in [0.25, 0.3) is 5.91 Å². The van der Waals surface area contributed by atoms with Gasteiger partial charge in [0.2, 0.25) is 0 Å². The van der Waals surface area contributed by atoms with Crippen molar-refractivity contribution in [3.05, 3.63) is 34.7 Å². The molecule has 2 aromatic heterocycles. The maximum atomic E-state index is 12.8. The van der Waals surface area contributed by atoms with Crippen LogP contribution in [0.25, 0.3) is 0 Å². The molecule has 2 aromatic rings. The normalized spacial score (nSPS) is 17.2. The monoisotopic (exact) mass is 330 g/mol. The highest BCUT2D eigenvalue weighted by molar-refractivity contribution is 5.96. The maximum absolute atomic E-state index is 12.8. The molecule has 0 N–H and O–H groups in total. The van der Waals surface area contributed by atoms with Gasteiger partial charge in [-0.15, -0.1) is 0 Å². The average Bonchev–Trinajstić information content (AvgIpc) is 3.23. The zero-order valence-corrected chi connectivity index (χ0v) is 14.1. The molecule has 1 amide bonds. The van der Waals surface area contributed by atoms with Crippen molar-refractivity contribution in [2.24, 2.45) is 5.92 Å². The number of rotatable bonds is 5. The van der Waals surface area contributed by atoms with Crippen LogP contribution in [0.1, 0.15) is 46.0 Å². The van der Waals surface area contributed by atoms with Gasteiger partial charge in [-0.05, 0) is 32.6 Å². The van der Waals surface area contributed by atoms with E-state index in [-0.39, 0.29) is 5.91 Å². The van der Waals surface area contributed by atoms with Gasteiger partial charge in [0.15, 0.2) is 0 Å². The number of carbonyl (C=O) groups excluding carboxylic acids is 1. The fraction of sp³-hybridized carbons (Fsp3) is 0.588. The summed E-state index contributed by atoms with van der Waals surface area (Å²) in [6, 6.07) is 0. The number of nitrogens with zero attached hydrogens (tertiary/aromatic N) is 4. The van der Waals surface area contributed by atoms with Crippen molar-refractivity contribution < 1.29 is 14.1 Å². The molecular formula is C17H22N4O3. The van der Waals surface area contributed by atoms with Crippen molar-refractivity contribution in [1.82, 2.24) is 19.6 Å². The second-order valence-corrected chi connectivity index (χ2v) is 6.72. The molecular weight excluding hydrogens is 308 g/mol. The maximum Gasteiger partial charge on any atom is 0.259 e. The quantitative estimate of drug-likeness (QED) is 0.839. The minimum Gasteiger partial charge on any atom is -0.375 e. The number of aromatic nitrogens is 3. The number of aryl methyl sites for hydroxylation is 2. The van der Waals surface area contributed by atoms with E-state index in [0.29, 0.717) is 36.7 Å². The van der Waals surface area contributed by atoms with Crippen LogP contribution >= 0.6 is 0 Å². The molecule has 1 aliphatic carbocycles. The smallest absolute Gasteiger partial charge is 0.259 e. The van der Waals surface area contributed by atoms with E-state index >= 15 is 0 Å². The summed E-state index contributed by atoms with van der Waals surface area (Å²) in [5.74, 6) is 1.29. The molecule has 1 aliphatic heterocycles. The van der Waals surface area contributed by atoms with Crippen molar-refractivity contribution in [1.29, 1.82) is 0 Å². The second-order valence-electron chi connectivity index (χ2n) is 6.72. The number of imidazole rings is 1. The first kappa shape index (κ1) is 15.4. The molecule has 0 radical (unpaired) electrons. The van der Waals surface area contributed by atoms with Gasteiger partial charge in [0.1, 0.15) is 11.3 Å². The molecule has 0 unspecified atom stereocenters. The molecule has 0 spiro atoms. The minimum atomic E-state index is -0.0245. The fourth-order valence-corrected chi connectivity index (χ4v) is 3.16. The van der Waals surface area contributed by atoms with Gasteiger partial charge < -0.3 is 18.7 Å². The van der Waals surface area contributed by atoms with Crippen LogP contribution in [0.3, 0.4) is 0 Å². The van der Waals surface area contributed by atoms with Crippen molar-refractivity contribution in [2.75, 3.05) is 13.2 Å². The van der Waals surface area contributed by atoms with Crippen LogP contribution in [0.5, 0.6) is 0 Å². The topological polar surface area (TPSA) is 73.4 Å². The van der Waals surface area contributed by atoms with Crippen LogP contribution in [0.4, 0.5) is 0 Å². The average molecular weight is 330 g/mol. The highest BCUT2D eigenvalue weighted by Gasteiger charge is 2.28. The Kier molecular flexibility index (Phi) is 3.88. The summed E-state index contributed by atoms with van der Waals surface area (Å²) < 4.78 is 13.0. The van der Waals surface area contributed by atoms with E-state index in [1.54, 1.807) is 13.8 Å². The van der Waals surface area contributed by atoms with Crippen LogP contribution in [0.15, 0.2) is 10.9 Å². The van der Waals surface area contributed by atoms with Crippen LogP contribution < -0.4 is 0 Å². The van der Waals surface area contributed by atoms with Crippen molar-refractivity contribution in [3.8, 4) is 0 Å². The number of carbonyl (C=O) groups is 1. The third-order valence-electron chi connectivity index (χ3n) is 4.81. The summed E-state index contributed by atoms with van der Waals surface area (Å²) in [5, 5.41) is 3.89. The van der Waals surface area contributed by atoms with Crippen LogP contribution in [-0.4, -0.2) is 38.7 Å². The lowest BCUT2D eigenvalue weighted by molar-refractivity contribution is 0.0701. The van der Waals surface area contributed by atoms with E-state index in [2.05, 4.69) is 14.7 Å². The number of fused-ring (bicyclic) bond motifs is 1. The lowest BCUT2D eigenvalue weighted by atomic mass is 10.1. The Morgan fingerprint density at radius 3 is 2.92 bits per heavy atom. The van der Waals surface area contributed by atoms with Crippen LogP contribution in [-0.2, 0) is 24.4 Å². The molecule has 4 rings (SSSR count). The Bertz CT molecular complexity index is 740. The van der Waals surface area contributed by atoms with Gasteiger partial charge in [-0.25, -0.2) is 4.98 Å². The van der Waals surface area contributed by atoms with E-state index in [0.717, 1.165) is 30.5 Å². The Morgan fingerprint density at radius 2 is 2.21 bits per heavy atom. The minimum absolute atomic E-state index is 0.0245. The summed E-state index contributed by atoms with van der Waals surface area (Å²) >= 11 is 0. The van der Waals surface area contributed by atoms with Crippen LogP contribution in [0.2, 0.25) is 0 Å². The molecule has 7 nitrogen and oxygen atoms in total. The van der Waals surface area contributed by atoms with Gasteiger partial charge in [-0.1, -0.05) is 5.16 Å². The van der Waals surface area contributed by atoms with Crippen LogP contribution in [0, 0.1) is 19.8 Å². The van der Waals surface area contributed by atoms with Gasteiger partial charge in [-0.3, -0.25) is 4.79 Å². The van der Waals surface area contributed by atoms with Gasteiger partial charge in [0.05, 0.1) is 36.6 Å². The van der Waals surface area contributed by atoms with Crippen molar-refractivity contribution >= 4 is 5.91 Å². The zero-order chi connectivity index (χ0) is 16.7. The number of hydrogen-bond donors (Lipinski definition) is 0. The van der Waals surface area contributed by atoms with Crippen molar-refractivity contribution in [2.45, 2.75) is 46.4 Å². The SMILES string of the molecule is Cc1noc(C)c1C(=O)N1CCn2cnc(COCC3CC3)c2C1. The summed E-state index contributed by atoms with van der Waals surface area (Å²) in [4.78, 5) is 19.1. The zero-order valence-electron chi connectivity index (χ0n) is 14.1. The molecule has 0 atom stereocenters. The number of hydrogen-bond acceptors (Lipinski definition) is 5. The molecule has 2 aliphatic rings. The summed E-state index contributed by atoms with van der Waals surface area (Å²) in [5.41, 5.74) is 3.23. The Balaban J connectivity index is 1.48. The Hall–Kier alpha value is -2.15. The summed E-state index contributed by atoms with van der Waals surface area (Å²) in [7, 11) is 0. The van der Waals surface area contributed by atoms with Crippen molar-refractivity contribution in [3.63, 3.8) is 0 Å². The molecule has 1 saturated carbocycles. The molecule has 1 fully saturated rings. The number of amides is 1. The Morgan fingerprint density at radius 1 is 1.38 bits per heavy atom. The number of ether oxygens (including phenoxy) is 1. The van der Waals surface area contributed by atoms with Gasteiger partial charge in [0, 0.05) is 19.7 Å². The summed E-state index contributed by atoms with van der Waals surface area (Å²) in [6.45, 7) is 6.87. The third kappa shape index (κ3) is 2.84. The fourth-order valence-electron chi connectivity index (χ4n) is 3.16. The third-order valence-corrected chi connectivity index (χ3v) is 4.81. The molecule has 0 bridgehead atoms. The largest absolute Gasteiger partial charge is 0.375 e. The van der Waals surface area contributed by atoms with Gasteiger partial charge in [-0.2, -0.15) is 0 Å². The first-order valence-electron chi connectivity index (χ1n) is 8.46. The predicted molar refractivity (Wildman–Crippen MR) is 85.3 cm³/mol. The standard InChI is InChI=1S/C17H22N4O3/c1-11-16(12(2)24-19-11)17(22)20-5-6-21-10-18-14(15(21)7-20)9-23-8-13-3-4-13/h10,13H,3-9H2,1-2H3. The highest BCUT2D eigenvalue weighted by atomic mass is 16.5. The molecule has 3 heterocycles. The molecule has 128 valence electrons. The molecule has 24 heavy (non-hydrogen) atoms.